The smallest absolute Gasteiger partial charge is 0.222 e. The predicted molar refractivity (Wildman–Crippen MR) is 98.8 cm³/mol. The molecule has 5 nitrogen and oxygen atoms in total. The molecule has 0 amide bonds. The summed E-state index contributed by atoms with van der Waals surface area (Å²) in [5, 5.41) is 3.24. The number of benzene rings is 1. The molecule has 2 aromatic heterocycles. The standard InChI is InChI=1S/C20H22N4O/c1-2-10-24(16-19-9-6-11-25-19)15-18-13-22-20(23-14-18)21-12-17-7-4-3-5-8-17/h2-9,11,13-14H,1,10,12,15-16H2,(H,21,22,23). The molecular weight excluding hydrogens is 312 g/mol. The van der Waals surface area contributed by atoms with Crippen molar-refractivity contribution < 1.29 is 4.42 Å². The fourth-order valence-electron chi connectivity index (χ4n) is 2.55. The number of anilines is 1. The van der Waals surface area contributed by atoms with Crippen molar-refractivity contribution in [2.45, 2.75) is 19.6 Å². The van der Waals surface area contributed by atoms with Gasteiger partial charge in [-0.1, -0.05) is 36.4 Å². The second-order valence-electron chi connectivity index (χ2n) is 5.79. The number of nitrogens with one attached hydrogen (secondary N) is 1. The Morgan fingerprint density at radius 3 is 2.48 bits per heavy atom. The maximum Gasteiger partial charge on any atom is 0.222 e. The van der Waals surface area contributed by atoms with E-state index >= 15 is 0 Å². The lowest BCUT2D eigenvalue weighted by molar-refractivity contribution is 0.260. The molecule has 2 heterocycles. The summed E-state index contributed by atoms with van der Waals surface area (Å²) in [4.78, 5) is 11.0. The molecule has 0 radical (unpaired) electrons. The lowest BCUT2D eigenvalue weighted by Crippen LogP contribution is -2.22. The van der Waals surface area contributed by atoms with Crippen LogP contribution >= 0.6 is 0 Å². The third-order valence-corrected chi connectivity index (χ3v) is 3.75. The van der Waals surface area contributed by atoms with Crippen LogP contribution < -0.4 is 5.32 Å². The Morgan fingerprint density at radius 2 is 1.80 bits per heavy atom. The number of rotatable bonds is 9. The van der Waals surface area contributed by atoms with Crippen molar-refractivity contribution in [1.29, 1.82) is 0 Å². The van der Waals surface area contributed by atoms with E-state index in [1.54, 1.807) is 6.26 Å². The van der Waals surface area contributed by atoms with Gasteiger partial charge in [-0.25, -0.2) is 9.97 Å². The predicted octanol–water partition coefficient (Wildman–Crippen LogP) is 3.87. The Kier molecular flexibility index (Phi) is 5.96. The molecule has 0 aliphatic heterocycles. The summed E-state index contributed by atoms with van der Waals surface area (Å²) in [6.45, 7) is 6.78. The Hall–Kier alpha value is -2.92. The van der Waals surface area contributed by atoms with E-state index in [0.717, 1.165) is 31.0 Å². The van der Waals surface area contributed by atoms with E-state index in [0.29, 0.717) is 12.5 Å². The molecule has 0 saturated heterocycles. The van der Waals surface area contributed by atoms with Gasteiger partial charge in [-0.05, 0) is 17.7 Å². The summed E-state index contributed by atoms with van der Waals surface area (Å²) in [5.74, 6) is 1.57. The minimum Gasteiger partial charge on any atom is -0.468 e. The first-order chi connectivity index (χ1) is 12.3. The summed E-state index contributed by atoms with van der Waals surface area (Å²) in [7, 11) is 0. The highest BCUT2D eigenvalue weighted by atomic mass is 16.3. The van der Waals surface area contributed by atoms with E-state index in [-0.39, 0.29) is 0 Å². The van der Waals surface area contributed by atoms with Gasteiger partial charge < -0.3 is 9.73 Å². The SMILES string of the molecule is C=CCN(Cc1cnc(NCc2ccccc2)nc1)Cc1ccco1. The molecule has 0 fully saturated rings. The quantitative estimate of drug-likeness (QED) is 0.602. The maximum absolute atomic E-state index is 5.42. The number of hydrogen-bond acceptors (Lipinski definition) is 5. The second-order valence-corrected chi connectivity index (χ2v) is 5.79. The van der Waals surface area contributed by atoms with Crippen molar-refractivity contribution in [2.24, 2.45) is 0 Å². The average Bonchev–Trinajstić information content (AvgIpc) is 3.15. The fourth-order valence-corrected chi connectivity index (χ4v) is 2.55. The van der Waals surface area contributed by atoms with Crippen LogP contribution in [0.4, 0.5) is 5.95 Å². The Labute approximate surface area is 148 Å². The van der Waals surface area contributed by atoms with Crippen molar-refractivity contribution in [3.8, 4) is 0 Å². The molecule has 1 aromatic carbocycles. The van der Waals surface area contributed by atoms with Gasteiger partial charge in [-0.2, -0.15) is 0 Å². The first-order valence-electron chi connectivity index (χ1n) is 8.28. The number of furan rings is 1. The summed E-state index contributed by atoms with van der Waals surface area (Å²) in [6.07, 6.45) is 7.30. The Morgan fingerprint density at radius 1 is 1.00 bits per heavy atom. The average molecular weight is 334 g/mol. The van der Waals surface area contributed by atoms with E-state index in [4.69, 9.17) is 4.42 Å². The van der Waals surface area contributed by atoms with Crippen molar-refractivity contribution >= 4 is 5.95 Å². The molecule has 0 spiro atoms. The van der Waals surface area contributed by atoms with E-state index in [2.05, 4.69) is 38.9 Å². The fraction of sp³-hybridized carbons (Fsp3) is 0.200. The summed E-state index contributed by atoms with van der Waals surface area (Å²) in [5.41, 5.74) is 2.25. The number of hydrogen-bond donors (Lipinski definition) is 1. The first kappa shape index (κ1) is 16.9. The van der Waals surface area contributed by atoms with E-state index in [9.17, 15) is 0 Å². The lowest BCUT2D eigenvalue weighted by atomic mass is 10.2. The van der Waals surface area contributed by atoms with E-state index in [1.807, 2.05) is 48.8 Å². The molecule has 0 aliphatic carbocycles. The summed E-state index contributed by atoms with van der Waals surface area (Å²) >= 11 is 0. The van der Waals surface area contributed by atoms with E-state index in [1.165, 1.54) is 5.56 Å². The van der Waals surface area contributed by atoms with Gasteiger partial charge in [0, 0.05) is 37.6 Å². The minimum atomic E-state index is 0.633. The first-order valence-corrected chi connectivity index (χ1v) is 8.28. The number of nitrogens with zero attached hydrogens (tertiary/aromatic N) is 3. The summed E-state index contributed by atoms with van der Waals surface area (Å²) in [6, 6.07) is 14.1. The molecule has 0 bridgehead atoms. The molecule has 3 rings (SSSR count). The van der Waals surface area contributed by atoms with Gasteiger partial charge in [0.2, 0.25) is 5.95 Å². The molecule has 3 aromatic rings. The normalized spacial score (nSPS) is 10.8. The number of aromatic nitrogens is 2. The van der Waals surface area contributed by atoms with Gasteiger partial charge in [0.05, 0.1) is 12.8 Å². The topological polar surface area (TPSA) is 54.2 Å². The van der Waals surface area contributed by atoms with Crippen molar-refractivity contribution in [3.05, 3.63) is 90.7 Å². The molecule has 0 unspecified atom stereocenters. The van der Waals surface area contributed by atoms with Crippen LogP contribution in [0, 0.1) is 0 Å². The largest absolute Gasteiger partial charge is 0.468 e. The molecule has 1 N–H and O–H groups in total. The molecule has 0 aliphatic rings. The van der Waals surface area contributed by atoms with Crippen molar-refractivity contribution in [2.75, 3.05) is 11.9 Å². The van der Waals surface area contributed by atoms with Crippen LogP contribution in [0.25, 0.3) is 0 Å². The third kappa shape index (κ3) is 5.29. The minimum absolute atomic E-state index is 0.633. The molecule has 128 valence electrons. The maximum atomic E-state index is 5.42. The third-order valence-electron chi connectivity index (χ3n) is 3.75. The van der Waals surface area contributed by atoms with E-state index < -0.39 is 0 Å². The van der Waals surface area contributed by atoms with Crippen molar-refractivity contribution in [3.63, 3.8) is 0 Å². The molecular formula is C20H22N4O. The van der Waals surface area contributed by atoms with Crippen LogP contribution in [0.2, 0.25) is 0 Å². The highest BCUT2D eigenvalue weighted by Crippen LogP contribution is 2.11. The van der Waals surface area contributed by atoms with Crippen LogP contribution in [0.3, 0.4) is 0 Å². The van der Waals surface area contributed by atoms with Gasteiger partial charge in [0.1, 0.15) is 5.76 Å². The lowest BCUT2D eigenvalue weighted by Gasteiger charge is -2.19. The van der Waals surface area contributed by atoms with Crippen LogP contribution in [0.5, 0.6) is 0 Å². The van der Waals surface area contributed by atoms with Crippen molar-refractivity contribution in [1.82, 2.24) is 14.9 Å². The zero-order valence-electron chi connectivity index (χ0n) is 14.1. The van der Waals surface area contributed by atoms with Gasteiger partial charge in [0.15, 0.2) is 0 Å². The molecule has 0 saturated carbocycles. The highest BCUT2D eigenvalue weighted by molar-refractivity contribution is 5.27. The van der Waals surface area contributed by atoms with Crippen LogP contribution in [-0.2, 0) is 19.6 Å². The Balaban J connectivity index is 1.56. The zero-order chi connectivity index (χ0) is 17.3. The summed E-state index contributed by atoms with van der Waals surface area (Å²) < 4.78 is 5.42. The van der Waals surface area contributed by atoms with Gasteiger partial charge in [0.25, 0.3) is 0 Å². The molecule has 5 heteroatoms. The van der Waals surface area contributed by atoms with Crippen LogP contribution in [0.15, 0.2) is 78.2 Å². The Bertz CT molecular complexity index is 754. The zero-order valence-corrected chi connectivity index (χ0v) is 14.1. The van der Waals surface area contributed by atoms with Crippen LogP contribution in [0.1, 0.15) is 16.9 Å². The van der Waals surface area contributed by atoms with Gasteiger partial charge >= 0.3 is 0 Å². The van der Waals surface area contributed by atoms with Gasteiger partial charge in [-0.15, -0.1) is 6.58 Å². The van der Waals surface area contributed by atoms with Gasteiger partial charge in [-0.3, -0.25) is 4.90 Å². The second kappa shape index (κ2) is 8.80. The molecule has 25 heavy (non-hydrogen) atoms. The monoisotopic (exact) mass is 334 g/mol. The molecule has 0 atom stereocenters. The van der Waals surface area contributed by atoms with Crippen LogP contribution in [-0.4, -0.2) is 21.4 Å². The highest BCUT2D eigenvalue weighted by Gasteiger charge is 2.08.